The summed E-state index contributed by atoms with van der Waals surface area (Å²) in [6.07, 6.45) is 3.20. The zero-order valence-electron chi connectivity index (χ0n) is 8.32. The fourth-order valence-corrected chi connectivity index (χ4v) is 1.91. The Bertz CT molecular complexity index is 171. The van der Waals surface area contributed by atoms with Crippen LogP contribution < -0.4 is 0 Å². The molecule has 13 heavy (non-hydrogen) atoms. The van der Waals surface area contributed by atoms with E-state index in [1.807, 2.05) is 0 Å². The summed E-state index contributed by atoms with van der Waals surface area (Å²) in [4.78, 5) is 11.0. The SMILES string of the molecule is COC(=O)C(O)C1CCC(C)CC1. The lowest BCUT2D eigenvalue weighted by molar-refractivity contribution is -0.154. The van der Waals surface area contributed by atoms with Crippen molar-refractivity contribution in [1.29, 1.82) is 0 Å². The first-order valence-electron chi connectivity index (χ1n) is 4.91. The first-order chi connectivity index (χ1) is 6.15. The molecule has 3 nitrogen and oxygen atoms in total. The van der Waals surface area contributed by atoms with Gasteiger partial charge in [0.05, 0.1) is 7.11 Å². The van der Waals surface area contributed by atoms with Crippen molar-refractivity contribution in [2.45, 2.75) is 38.7 Å². The molecule has 0 aliphatic heterocycles. The fourth-order valence-electron chi connectivity index (χ4n) is 1.91. The van der Waals surface area contributed by atoms with Crippen LogP contribution in [0.15, 0.2) is 0 Å². The lowest BCUT2D eigenvalue weighted by Gasteiger charge is -2.28. The number of hydrogen-bond acceptors (Lipinski definition) is 3. The van der Waals surface area contributed by atoms with Gasteiger partial charge in [-0.2, -0.15) is 0 Å². The van der Waals surface area contributed by atoms with Gasteiger partial charge in [-0.3, -0.25) is 0 Å². The van der Waals surface area contributed by atoms with E-state index in [9.17, 15) is 9.90 Å². The van der Waals surface area contributed by atoms with Crippen LogP contribution in [0.25, 0.3) is 0 Å². The molecule has 0 amide bonds. The molecule has 0 aromatic heterocycles. The lowest BCUT2D eigenvalue weighted by Crippen LogP contribution is -2.33. The first kappa shape index (κ1) is 10.5. The topological polar surface area (TPSA) is 46.5 Å². The molecule has 3 heteroatoms. The fraction of sp³-hybridized carbons (Fsp3) is 0.900. The Kier molecular flexibility index (Phi) is 3.72. The third-order valence-corrected chi connectivity index (χ3v) is 2.95. The van der Waals surface area contributed by atoms with Gasteiger partial charge in [0.25, 0.3) is 0 Å². The molecule has 1 N–H and O–H groups in total. The van der Waals surface area contributed by atoms with E-state index < -0.39 is 12.1 Å². The summed E-state index contributed by atoms with van der Waals surface area (Å²) >= 11 is 0. The van der Waals surface area contributed by atoms with E-state index in [0.29, 0.717) is 0 Å². The maximum absolute atomic E-state index is 11.0. The van der Waals surface area contributed by atoms with Gasteiger partial charge in [-0.1, -0.05) is 19.8 Å². The minimum Gasteiger partial charge on any atom is -0.467 e. The van der Waals surface area contributed by atoms with Crippen LogP contribution in [0.4, 0.5) is 0 Å². The standard InChI is InChI=1S/C10H18O3/c1-7-3-5-8(6-4-7)9(11)10(12)13-2/h7-9,11H,3-6H2,1-2H3. The van der Waals surface area contributed by atoms with E-state index in [0.717, 1.165) is 31.6 Å². The molecule has 0 heterocycles. The Labute approximate surface area is 79.1 Å². The van der Waals surface area contributed by atoms with Gasteiger partial charge in [-0.15, -0.1) is 0 Å². The van der Waals surface area contributed by atoms with Crippen molar-refractivity contribution < 1.29 is 14.6 Å². The molecule has 76 valence electrons. The monoisotopic (exact) mass is 186 g/mol. The zero-order chi connectivity index (χ0) is 9.84. The minimum absolute atomic E-state index is 0.114. The molecule has 0 aromatic rings. The van der Waals surface area contributed by atoms with E-state index >= 15 is 0 Å². The molecular formula is C10H18O3. The number of aliphatic hydroxyl groups is 1. The molecule has 1 fully saturated rings. The number of carbonyl (C=O) groups is 1. The Balaban J connectivity index is 2.39. The lowest BCUT2D eigenvalue weighted by atomic mass is 9.80. The van der Waals surface area contributed by atoms with E-state index in [4.69, 9.17) is 0 Å². The molecule has 0 saturated heterocycles. The summed E-state index contributed by atoms with van der Waals surface area (Å²) in [7, 11) is 1.32. The molecule has 1 aliphatic rings. The van der Waals surface area contributed by atoms with E-state index in [1.165, 1.54) is 7.11 Å². The van der Waals surface area contributed by atoms with Gasteiger partial charge in [0.1, 0.15) is 0 Å². The number of esters is 1. The van der Waals surface area contributed by atoms with E-state index in [-0.39, 0.29) is 5.92 Å². The van der Waals surface area contributed by atoms with Crippen molar-refractivity contribution in [2.24, 2.45) is 11.8 Å². The molecule has 1 atom stereocenters. The van der Waals surface area contributed by atoms with Crippen LogP contribution in [0.1, 0.15) is 32.6 Å². The average Bonchev–Trinajstić information content (AvgIpc) is 2.17. The van der Waals surface area contributed by atoms with Crippen LogP contribution >= 0.6 is 0 Å². The van der Waals surface area contributed by atoms with Crippen molar-refractivity contribution in [3.63, 3.8) is 0 Å². The number of hydrogen-bond donors (Lipinski definition) is 1. The van der Waals surface area contributed by atoms with Crippen LogP contribution in [0.3, 0.4) is 0 Å². The normalized spacial score (nSPS) is 31.0. The average molecular weight is 186 g/mol. The first-order valence-corrected chi connectivity index (χ1v) is 4.91. The molecule has 1 rings (SSSR count). The van der Waals surface area contributed by atoms with Gasteiger partial charge < -0.3 is 9.84 Å². The Hall–Kier alpha value is -0.570. The van der Waals surface area contributed by atoms with Crippen molar-refractivity contribution in [3.05, 3.63) is 0 Å². The summed E-state index contributed by atoms with van der Waals surface area (Å²) in [5.74, 6) is 0.365. The number of aliphatic hydroxyl groups excluding tert-OH is 1. The summed E-state index contributed by atoms with van der Waals surface area (Å²) in [6, 6.07) is 0. The van der Waals surface area contributed by atoms with Crippen LogP contribution in [0.5, 0.6) is 0 Å². The molecule has 1 saturated carbocycles. The second-order valence-corrected chi connectivity index (χ2v) is 3.99. The largest absolute Gasteiger partial charge is 0.467 e. The number of methoxy groups -OCH3 is 1. The maximum atomic E-state index is 11.0. The summed E-state index contributed by atoms with van der Waals surface area (Å²) in [5, 5.41) is 9.55. The third kappa shape index (κ3) is 2.69. The molecule has 0 spiro atoms. The summed E-state index contributed by atoms with van der Waals surface area (Å²) in [6.45, 7) is 2.21. The highest BCUT2D eigenvalue weighted by Crippen LogP contribution is 2.30. The Morgan fingerprint density at radius 1 is 1.38 bits per heavy atom. The molecule has 1 unspecified atom stereocenters. The van der Waals surface area contributed by atoms with Crippen molar-refractivity contribution in [1.82, 2.24) is 0 Å². The van der Waals surface area contributed by atoms with Crippen LogP contribution in [0.2, 0.25) is 0 Å². The molecule has 0 bridgehead atoms. The van der Waals surface area contributed by atoms with Gasteiger partial charge >= 0.3 is 5.97 Å². The predicted molar refractivity (Wildman–Crippen MR) is 49.1 cm³/mol. The van der Waals surface area contributed by atoms with Crippen LogP contribution in [-0.4, -0.2) is 24.3 Å². The minimum atomic E-state index is -0.905. The molecular weight excluding hydrogens is 168 g/mol. The van der Waals surface area contributed by atoms with E-state index in [2.05, 4.69) is 11.7 Å². The van der Waals surface area contributed by atoms with Gasteiger partial charge in [-0.25, -0.2) is 4.79 Å². The summed E-state index contributed by atoms with van der Waals surface area (Å²) < 4.78 is 4.50. The zero-order valence-corrected chi connectivity index (χ0v) is 8.32. The Morgan fingerprint density at radius 3 is 2.38 bits per heavy atom. The number of ether oxygens (including phenoxy) is 1. The van der Waals surface area contributed by atoms with E-state index in [1.54, 1.807) is 0 Å². The van der Waals surface area contributed by atoms with Crippen molar-refractivity contribution in [3.8, 4) is 0 Å². The van der Waals surface area contributed by atoms with Gasteiger partial charge in [0, 0.05) is 0 Å². The van der Waals surface area contributed by atoms with Gasteiger partial charge in [-0.05, 0) is 24.7 Å². The highest BCUT2D eigenvalue weighted by Gasteiger charge is 2.29. The van der Waals surface area contributed by atoms with Gasteiger partial charge in [0.2, 0.25) is 0 Å². The molecule has 1 aliphatic carbocycles. The summed E-state index contributed by atoms with van der Waals surface area (Å²) in [5.41, 5.74) is 0. The predicted octanol–water partition coefficient (Wildman–Crippen LogP) is 1.35. The maximum Gasteiger partial charge on any atom is 0.334 e. The number of rotatable bonds is 2. The van der Waals surface area contributed by atoms with Crippen molar-refractivity contribution in [2.75, 3.05) is 7.11 Å². The van der Waals surface area contributed by atoms with Crippen LogP contribution in [-0.2, 0) is 9.53 Å². The second-order valence-electron chi connectivity index (χ2n) is 3.99. The van der Waals surface area contributed by atoms with Crippen LogP contribution in [0, 0.1) is 11.8 Å². The Morgan fingerprint density at radius 2 is 1.92 bits per heavy atom. The highest BCUT2D eigenvalue weighted by molar-refractivity contribution is 5.74. The smallest absolute Gasteiger partial charge is 0.334 e. The highest BCUT2D eigenvalue weighted by atomic mass is 16.5. The second kappa shape index (κ2) is 4.61. The van der Waals surface area contributed by atoms with Crippen molar-refractivity contribution >= 4 is 5.97 Å². The number of carbonyl (C=O) groups excluding carboxylic acids is 1. The molecule has 0 radical (unpaired) electrons. The van der Waals surface area contributed by atoms with Gasteiger partial charge in [0.15, 0.2) is 6.10 Å². The molecule has 0 aromatic carbocycles. The third-order valence-electron chi connectivity index (χ3n) is 2.95. The quantitative estimate of drug-likeness (QED) is 0.662.